The van der Waals surface area contributed by atoms with Gasteiger partial charge in [0.15, 0.2) is 0 Å². The minimum Gasteiger partial charge on any atom is -0.356 e. The van der Waals surface area contributed by atoms with Gasteiger partial charge in [0.1, 0.15) is 0 Å². The van der Waals surface area contributed by atoms with Gasteiger partial charge >= 0.3 is 0 Å². The van der Waals surface area contributed by atoms with Crippen LogP contribution in [0.25, 0.3) is 0 Å². The average molecular weight is 409 g/mol. The molecule has 0 spiro atoms. The molecule has 2 N–H and O–H groups in total. The third kappa shape index (κ3) is 7.66. The van der Waals surface area contributed by atoms with Crippen LogP contribution in [0.5, 0.6) is 0 Å². The summed E-state index contributed by atoms with van der Waals surface area (Å²) in [6.07, 6.45) is 5.63. The van der Waals surface area contributed by atoms with Gasteiger partial charge in [0.25, 0.3) is 0 Å². The number of hydrogen-bond acceptors (Lipinski definition) is 2. The fraction of sp³-hybridized carbons (Fsp3) is 0.462. The van der Waals surface area contributed by atoms with E-state index < -0.39 is 0 Å². The van der Waals surface area contributed by atoms with Crippen molar-refractivity contribution in [1.29, 1.82) is 0 Å². The minimum absolute atomic E-state index is 0.0717. The molecule has 0 aliphatic carbocycles. The summed E-state index contributed by atoms with van der Waals surface area (Å²) in [5.74, 6) is 0.0834. The Labute approximate surface area is 181 Å². The van der Waals surface area contributed by atoms with E-state index >= 15 is 0 Å². The molecule has 0 saturated carbocycles. The molecule has 0 bridgehead atoms. The first-order valence-electron chi connectivity index (χ1n) is 11.3. The van der Waals surface area contributed by atoms with Gasteiger partial charge in [0.2, 0.25) is 11.8 Å². The van der Waals surface area contributed by atoms with Crippen molar-refractivity contribution in [2.24, 2.45) is 0 Å². The first-order valence-corrected chi connectivity index (χ1v) is 11.3. The van der Waals surface area contributed by atoms with Gasteiger partial charge in [0, 0.05) is 13.1 Å². The topological polar surface area (TPSA) is 58.2 Å². The van der Waals surface area contributed by atoms with Crippen molar-refractivity contribution in [1.82, 2.24) is 10.6 Å². The molecule has 2 aromatic rings. The zero-order valence-electron chi connectivity index (χ0n) is 18.4. The van der Waals surface area contributed by atoms with Crippen LogP contribution in [0.1, 0.15) is 75.3 Å². The monoisotopic (exact) mass is 408 g/mol. The van der Waals surface area contributed by atoms with Crippen molar-refractivity contribution < 1.29 is 9.59 Å². The van der Waals surface area contributed by atoms with E-state index in [1.165, 1.54) is 0 Å². The highest BCUT2D eigenvalue weighted by molar-refractivity contribution is 5.84. The molecule has 30 heavy (non-hydrogen) atoms. The fourth-order valence-electron chi connectivity index (χ4n) is 3.79. The molecule has 2 aromatic carbocycles. The Kier molecular flexibility index (Phi) is 10.7. The standard InChI is InChI=1S/C26H36N2O2/c1-3-23(21-15-9-7-10-16-21)25(29)27-19-13-5-6-14-20-28-26(30)24(4-2)22-17-11-8-12-18-22/h7-12,15-18,23-24H,3-6,13-14,19-20H2,1-2H3,(H,27,29)(H,28,30)/t23-,24+. The molecule has 0 fully saturated rings. The van der Waals surface area contributed by atoms with Crippen LogP contribution < -0.4 is 10.6 Å². The van der Waals surface area contributed by atoms with Gasteiger partial charge in [-0.05, 0) is 36.8 Å². The van der Waals surface area contributed by atoms with Crippen molar-refractivity contribution in [3.8, 4) is 0 Å². The smallest absolute Gasteiger partial charge is 0.227 e. The van der Waals surface area contributed by atoms with Crippen LogP contribution >= 0.6 is 0 Å². The number of carbonyl (C=O) groups excluding carboxylic acids is 2. The van der Waals surface area contributed by atoms with Crippen molar-refractivity contribution >= 4 is 11.8 Å². The molecule has 0 radical (unpaired) electrons. The molecule has 4 nitrogen and oxygen atoms in total. The van der Waals surface area contributed by atoms with Crippen molar-refractivity contribution in [3.05, 3.63) is 71.8 Å². The lowest BCUT2D eigenvalue weighted by Gasteiger charge is -2.16. The first-order chi connectivity index (χ1) is 14.7. The summed E-state index contributed by atoms with van der Waals surface area (Å²) in [6.45, 7) is 5.51. The maximum Gasteiger partial charge on any atom is 0.227 e. The summed E-state index contributed by atoms with van der Waals surface area (Å²) in [7, 11) is 0. The molecule has 0 unspecified atom stereocenters. The van der Waals surface area contributed by atoms with Gasteiger partial charge in [-0.3, -0.25) is 9.59 Å². The number of rotatable bonds is 13. The summed E-state index contributed by atoms with van der Waals surface area (Å²) >= 11 is 0. The van der Waals surface area contributed by atoms with Crippen molar-refractivity contribution in [2.45, 2.75) is 64.2 Å². The van der Waals surface area contributed by atoms with Gasteiger partial charge in [-0.1, -0.05) is 87.4 Å². The Hall–Kier alpha value is -2.62. The Morgan fingerprint density at radius 1 is 0.633 bits per heavy atom. The molecule has 0 aliphatic heterocycles. The molecule has 0 aromatic heterocycles. The molecule has 2 rings (SSSR count). The third-order valence-corrected chi connectivity index (χ3v) is 5.56. The summed E-state index contributed by atoms with van der Waals surface area (Å²) < 4.78 is 0. The maximum absolute atomic E-state index is 12.4. The summed E-state index contributed by atoms with van der Waals surface area (Å²) in [5, 5.41) is 6.15. The zero-order chi connectivity index (χ0) is 21.6. The second-order valence-electron chi connectivity index (χ2n) is 7.74. The van der Waals surface area contributed by atoms with Crippen molar-refractivity contribution in [3.63, 3.8) is 0 Å². The number of unbranched alkanes of at least 4 members (excludes halogenated alkanes) is 3. The van der Waals surface area contributed by atoms with Crippen molar-refractivity contribution in [2.75, 3.05) is 13.1 Å². The second kappa shape index (κ2) is 13.6. The van der Waals surface area contributed by atoms with Gasteiger partial charge in [-0.2, -0.15) is 0 Å². The number of carbonyl (C=O) groups is 2. The molecule has 0 aliphatic rings. The molecular weight excluding hydrogens is 372 g/mol. The quantitative estimate of drug-likeness (QED) is 0.449. The van der Waals surface area contributed by atoms with Gasteiger partial charge in [-0.15, -0.1) is 0 Å². The summed E-state index contributed by atoms with van der Waals surface area (Å²) in [5.41, 5.74) is 2.16. The SMILES string of the molecule is CC[C@H](C(=O)NCCCCCCNC(=O)[C@H](CC)c1ccccc1)c1ccccc1. The lowest BCUT2D eigenvalue weighted by molar-refractivity contribution is -0.123. The molecule has 4 heteroatoms. The predicted octanol–water partition coefficient (Wildman–Crippen LogP) is 5.17. The first kappa shape index (κ1) is 23.7. The number of benzene rings is 2. The van der Waals surface area contributed by atoms with Crippen LogP contribution in [0.15, 0.2) is 60.7 Å². The number of hydrogen-bond donors (Lipinski definition) is 2. The van der Waals surface area contributed by atoms with Gasteiger partial charge < -0.3 is 10.6 Å². The van der Waals surface area contributed by atoms with E-state index in [9.17, 15) is 9.59 Å². The number of amides is 2. The highest BCUT2D eigenvalue weighted by Crippen LogP contribution is 2.20. The third-order valence-electron chi connectivity index (χ3n) is 5.56. The Morgan fingerprint density at radius 2 is 1.00 bits per heavy atom. The maximum atomic E-state index is 12.4. The zero-order valence-corrected chi connectivity index (χ0v) is 18.4. The predicted molar refractivity (Wildman–Crippen MR) is 123 cm³/mol. The molecule has 2 atom stereocenters. The molecule has 0 saturated heterocycles. The Morgan fingerprint density at radius 3 is 1.33 bits per heavy atom. The summed E-state index contributed by atoms with van der Waals surface area (Å²) in [6, 6.07) is 19.9. The van der Waals surface area contributed by atoms with Crippen LogP contribution in [0.3, 0.4) is 0 Å². The van der Waals surface area contributed by atoms with Crippen LogP contribution in [0, 0.1) is 0 Å². The lowest BCUT2D eigenvalue weighted by atomic mass is 9.95. The highest BCUT2D eigenvalue weighted by Gasteiger charge is 2.18. The average Bonchev–Trinajstić information content (AvgIpc) is 2.78. The van der Waals surface area contributed by atoms with Crippen LogP contribution in [-0.2, 0) is 9.59 Å². The molecule has 0 heterocycles. The van der Waals surface area contributed by atoms with Gasteiger partial charge in [0.05, 0.1) is 11.8 Å². The lowest BCUT2D eigenvalue weighted by Crippen LogP contribution is -2.30. The number of nitrogens with one attached hydrogen (secondary N) is 2. The second-order valence-corrected chi connectivity index (χ2v) is 7.74. The van der Waals surface area contributed by atoms with Crippen LogP contribution in [0.2, 0.25) is 0 Å². The summed E-state index contributed by atoms with van der Waals surface area (Å²) in [4.78, 5) is 24.9. The van der Waals surface area contributed by atoms with E-state index in [1.807, 2.05) is 74.5 Å². The normalized spacial score (nSPS) is 12.7. The van der Waals surface area contributed by atoms with E-state index in [-0.39, 0.29) is 23.7 Å². The van der Waals surface area contributed by atoms with E-state index in [2.05, 4.69) is 10.6 Å². The molecular formula is C26H36N2O2. The minimum atomic E-state index is -0.0717. The van der Waals surface area contributed by atoms with E-state index in [4.69, 9.17) is 0 Å². The fourth-order valence-corrected chi connectivity index (χ4v) is 3.79. The largest absolute Gasteiger partial charge is 0.356 e. The van der Waals surface area contributed by atoms with Gasteiger partial charge in [-0.25, -0.2) is 0 Å². The molecule has 162 valence electrons. The Balaban J connectivity index is 1.57. The molecule has 2 amide bonds. The van der Waals surface area contributed by atoms with E-state index in [0.717, 1.165) is 49.7 Å². The van der Waals surface area contributed by atoms with Crippen LogP contribution in [0.4, 0.5) is 0 Å². The highest BCUT2D eigenvalue weighted by atomic mass is 16.2. The van der Waals surface area contributed by atoms with E-state index in [0.29, 0.717) is 13.1 Å². The Bertz CT molecular complexity index is 681. The van der Waals surface area contributed by atoms with E-state index in [1.54, 1.807) is 0 Å². The van der Waals surface area contributed by atoms with Crippen LogP contribution in [-0.4, -0.2) is 24.9 Å².